The molecule has 3 N–H and O–H groups in total. The summed E-state index contributed by atoms with van der Waals surface area (Å²) in [6.07, 6.45) is 2.75. The van der Waals surface area contributed by atoms with Crippen molar-refractivity contribution < 1.29 is 5.11 Å². The Morgan fingerprint density at radius 1 is 1.47 bits per heavy atom. The molecule has 94 valence electrons. The zero-order chi connectivity index (χ0) is 11.4. The molecule has 2 aromatic rings. The van der Waals surface area contributed by atoms with E-state index in [1.807, 2.05) is 6.20 Å². The number of fused-ring (bicyclic) bond motifs is 1. The van der Waals surface area contributed by atoms with Gasteiger partial charge in [-0.2, -0.15) is 5.10 Å². The smallest absolute Gasteiger partial charge is 0.0653 e. The number of rotatable bonds is 5. The molecule has 0 spiro atoms. The van der Waals surface area contributed by atoms with E-state index in [9.17, 15) is 0 Å². The molecule has 1 heterocycles. The van der Waals surface area contributed by atoms with E-state index in [1.54, 1.807) is 0 Å². The van der Waals surface area contributed by atoms with E-state index in [4.69, 9.17) is 5.11 Å². The van der Waals surface area contributed by atoms with Crippen LogP contribution in [0.4, 0.5) is 0 Å². The van der Waals surface area contributed by atoms with Crippen LogP contribution in [0.5, 0.6) is 0 Å². The monoisotopic (exact) mass is 255 g/mol. The highest BCUT2D eigenvalue weighted by Gasteiger charge is 2.04. The first kappa shape index (κ1) is 14.0. The Morgan fingerprint density at radius 2 is 2.29 bits per heavy atom. The maximum Gasteiger partial charge on any atom is 0.0653 e. The van der Waals surface area contributed by atoms with Crippen LogP contribution in [0.3, 0.4) is 0 Å². The van der Waals surface area contributed by atoms with Gasteiger partial charge in [-0.1, -0.05) is 19.1 Å². The van der Waals surface area contributed by atoms with Gasteiger partial charge < -0.3 is 10.4 Å². The normalized spacial score (nSPS) is 12.4. The lowest BCUT2D eigenvalue weighted by atomic mass is 10.1. The molecule has 0 aliphatic heterocycles. The number of hydrogen-bond acceptors (Lipinski definition) is 3. The molecule has 17 heavy (non-hydrogen) atoms. The second-order valence-corrected chi connectivity index (χ2v) is 3.96. The first-order valence-corrected chi connectivity index (χ1v) is 5.59. The van der Waals surface area contributed by atoms with Gasteiger partial charge in [0.25, 0.3) is 0 Å². The van der Waals surface area contributed by atoms with E-state index in [-0.39, 0.29) is 25.1 Å². The summed E-state index contributed by atoms with van der Waals surface area (Å²) >= 11 is 0. The summed E-state index contributed by atoms with van der Waals surface area (Å²) in [5.41, 5.74) is 2.25. The fraction of sp³-hybridized carbons (Fsp3) is 0.417. The minimum Gasteiger partial charge on any atom is -0.395 e. The molecule has 0 radical (unpaired) electrons. The van der Waals surface area contributed by atoms with E-state index in [0.29, 0.717) is 0 Å². The summed E-state index contributed by atoms with van der Waals surface area (Å²) in [6.45, 7) is 3.02. The Morgan fingerprint density at radius 3 is 3.00 bits per heavy atom. The van der Waals surface area contributed by atoms with Crippen LogP contribution >= 0.6 is 12.4 Å². The van der Waals surface area contributed by atoms with Crippen molar-refractivity contribution in [3.8, 4) is 0 Å². The summed E-state index contributed by atoms with van der Waals surface area (Å²) in [5.74, 6) is 0. The molecule has 2 rings (SSSR count). The second-order valence-electron chi connectivity index (χ2n) is 3.96. The molecule has 0 fully saturated rings. The van der Waals surface area contributed by atoms with Crippen molar-refractivity contribution in [3.05, 3.63) is 30.0 Å². The maximum atomic E-state index is 9.06. The van der Waals surface area contributed by atoms with E-state index >= 15 is 0 Å². The van der Waals surface area contributed by atoms with Crippen LogP contribution in [0.1, 0.15) is 18.9 Å². The first-order valence-electron chi connectivity index (χ1n) is 5.59. The molecule has 1 aromatic carbocycles. The zero-order valence-corrected chi connectivity index (χ0v) is 10.6. The van der Waals surface area contributed by atoms with E-state index in [2.05, 4.69) is 40.6 Å². The van der Waals surface area contributed by atoms with Crippen molar-refractivity contribution in [3.63, 3.8) is 0 Å². The van der Waals surface area contributed by atoms with Crippen LogP contribution < -0.4 is 5.32 Å². The number of nitrogens with zero attached hydrogens (tertiary/aromatic N) is 1. The summed E-state index contributed by atoms with van der Waals surface area (Å²) < 4.78 is 0. The number of H-pyrrole nitrogens is 1. The molecule has 1 aromatic heterocycles. The predicted molar refractivity (Wildman–Crippen MR) is 71.3 cm³/mol. The fourth-order valence-corrected chi connectivity index (χ4v) is 1.69. The van der Waals surface area contributed by atoms with Crippen LogP contribution in [0, 0.1) is 0 Å². The third-order valence-electron chi connectivity index (χ3n) is 2.81. The Balaban J connectivity index is 0.00000144. The van der Waals surface area contributed by atoms with Gasteiger partial charge in [-0.25, -0.2) is 0 Å². The van der Waals surface area contributed by atoms with Crippen LogP contribution in [0.15, 0.2) is 24.4 Å². The van der Waals surface area contributed by atoms with Crippen molar-refractivity contribution in [1.29, 1.82) is 0 Å². The average molecular weight is 256 g/mol. The fourth-order valence-electron chi connectivity index (χ4n) is 1.69. The lowest BCUT2D eigenvalue weighted by molar-refractivity contribution is 0.238. The molecule has 0 saturated carbocycles. The number of nitrogens with one attached hydrogen (secondary N) is 2. The van der Waals surface area contributed by atoms with Crippen LogP contribution in [0.2, 0.25) is 0 Å². The number of halogens is 1. The summed E-state index contributed by atoms with van der Waals surface area (Å²) in [5, 5.41) is 20.4. The molecule has 1 unspecified atom stereocenters. The maximum absolute atomic E-state index is 9.06. The van der Waals surface area contributed by atoms with Crippen molar-refractivity contribution in [2.75, 3.05) is 6.61 Å². The van der Waals surface area contributed by atoms with E-state index < -0.39 is 0 Å². The van der Waals surface area contributed by atoms with Gasteiger partial charge >= 0.3 is 0 Å². The molecule has 1 atom stereocenters. The van der Waals surface area contributed by atoms with Gasteiger partial charge in [-0.3, -0.25) is 5.10 Å². The van der Waals surface area contributed by atoms with Gasteiger partial charge in [0.15, 0.2) is 0 Å². The minimum atomic E-state index is 0. The molecule has 0 saturated heterocycles. The standard InChI is InChI=1S/C12H17N3O.ClH/c1-2-11(8-16)13-6-9-3-4-10-7-14-15-12(10)5-9;/h3-5,7,11,13,16H,2,6,8H2,1H3,(H,14,15);1H. The predicted octanol–water partition coefficient (Wildman–Crippen LogP) is 1.85. The Labute approximate surface area is 107 Å². The highest BCUT2D eigenvalue weighted by atomic mass is 35.5. The second kappa shape index (κ2) is 6.59. The number of aromatic amines is 1. The molecule has 0 bridgehead atoms. The van der Waals surface area contributed by atoms with E-state index in [0.717, 1.165) is 23.9 Å². The van der Waals surface area contributed by atoms with Gasteiger partial charge in [0.2, 0.25) is 0 Å². The highest BCUT2D eigenvalue weighted by Crippen LogP contribution is 2.12. The van der Waals surface area contributed by atoms with Gasteiger partial charge in [0.05, 0.1) is 18.3 Å². The molecule has 0 amide bonds. The topological polar surface area (TPSA) is 60.9 Å². The van der Waals surface area contributed by atoms with Gasteiger partial charge in [-0.15, -0.1) is 12.4 Å². The summed E-state index contributed by atoms with van der Waals surface area (Å²) in [7, 11) is 0. The van der Waals surface area contributed by atoms with Crippen molar-refractivity contribution in [2.45, 2.75) is 25.9 Å². The van der Waals surface area contributed by atoms with Crippen LogP contribution in [-0.4, -0.2) is 28.0 Å². The average Bonchev–Trinajstić information content (AvgIpc) is 2.77. The molecular weight excluding hydrogens is 238 g/mol. The Kier molecular flexibility index (Phi) is 5.41. The number of aliphatic hydroxyl groups excluding tert-OH is 1. The number of benzene rings is 1. The number of aliphatic hydroxyl groups is 1. The first-order chi connectivity index (χ1) is 7.83. The number of hydrogen-bond donors (Lipinski definition) is 3. The molecular formula is C12H18ClN3O. The molecule has 4 nitrogen and oxygen atoms in total. The van der Waals surface area contributed by atoms with Gasteiger partial charge in [-0.05, 0) is 18.1 Å². The minimum absolute atomic E-state index is 0. The number of aromatic nitrogens is 2. The van der Waals surface area contributed by atoms with Crippen molar-refractivity contribution >= 4 is 23.3 Å². The van der Waals surface area contributed by atoms with Crippen molar-refractivity contribution in [1.82, 2.24) is 15.5 Å². The van der Waals surface area contributed by atoms with Crippen LogP contribution in [-0.2, 0) is 6.54 Å². The molecule has 0 aliphatic rings. The third-order valence-corrected chi connectivity index (χ3v) is 2.81. The SMILES string of the molecule is CCC(CO)NCc1ccc2cn[nH]c2c1.Cl. The Bertz CT molecular complexity index is 454. The third kappa shape index (κ3) is 3.43. The lowest BCUT2D eigenvalue weighted by Gasteiger charge is -2.13. The lowest BCUT2D eigenvalue weighted by Crippen LogP contribution is -2.31. The largest absolute Gasteiger partial charge is 0.395 e. The Hall–Kier alpha value is -1.10. The summed E-state index contributed by atoms with van der Waals surface area (Å²) in [6, 6.07) is 6.39. The quantitative estimate of drug-likeness (QED) is 0.764. The van der Waals surface area contributed by atoms with Crippen molar-refractivity contribution in [2.24, 2.45) is 0 Å². The van der Waals surface area contributed by atoms with Gasteiger partial charge in [0, 0.05) is 18.0 Å². The highest BCUT2D eigenvalue weighted by molar-refractivity contribution is 5.85. The molecule has 0 aliphatic carbocycles. The van der Waals surface area contributed by atoms with Gasteiger partial charge in [0.1, 0.15) is 0 Å². The summed E-state index contributed by atoms with van der Waals surface area (Å²) in [4.78, 5) is 0. The van der Waals surface area contributed by atoms with E-state index in [1.165, 1.54) is 5.56 Å². The molecule has 5 heteroatoms. The van der Waals surface area contributed by atoms with Crippen LogP contribution in [0.25, 0.3) is 10.9 Å². The zero-order valence-electron chi connectivity index (χ0n) is 9.81.